The highest BCUT2D eigenvalue weighted by Gasteiger charge is 2.14. The van der Waals surface area contributed by atoms with Gasteiger partial charge in [-0.2, -0.15) is 0 Å². The number of halogens is 1. The van der Waals surface area contributed by atoms with Gasteiger partial charge >= 0.3 is 0 Å². The van der Waals surface area contributed by atoms with E-state index in [-0.39, 0.29) is 0 Å². The molecule has 0 unspecified atom stereocenters. The number of alkyl halides is 1. The Morgan fingerprint density at radius 3 is 2.64 bits per heavy atom. The number of carbonyl (C=O) groups excluding carboxylic acids is 1. The van der Waals surface area contributed by atoms with E-state index in [2.05, 4.69) is 20.9 Å². The van der Waals surface area contributed by atoms with Gasteiger partial charge < -0.3 is 14.2 Å². The van der Waals surface area contributed by atoms with Crippen LogP contribution in [-0.2, 0) is 6.42 Å². The minimum Gasteiger partial charge on any atom is -0.494 e. The van der Waals surface area contributed by atoms with Crippen molar-refractivity contribution in [3.8, 4) is 17.2 Å². The summed E-state index contributed by atoms with van der Waals surface area (Å²) in [7, 11) is 1.60. The molecule has 0 bridgehead atoms. The van der Waals surface area contributed by atoms with Gasteiger partial charge in [0.05, 0.1) is 26.0 Å². The highest BCUT2D eigenvalue weighted by Crippen LogP contribution is 2.35. The maximum absolute atomic E-state index is 11.6. The smallest absolute Gasteiger partial charge is 0.161 e. The number of methoxy groups -OCH3 is 1. The Balaban J connectivity index is 2.07. The summed E-state index contributed by atoms with van der Waals surface area (Å²) in [6.07, 6.45) is 3.04. The number of fused-ring (bicyclic) bond motifs is 1. The average molecular weight is 444 g/mol. The second kappa shape index (κ2) is 9.55. The molecule has 1 aromatic heterocycles. The zero-order chi connectivity index (χ0) is 19.9. The van der Waals surface area contributed by atoms with E-state index in [4.69, 9.17) is 14.2 Å². The molecule has 0 atom stereocenters. The van der Waals surface area contributed by atoms with E-state index in [0.29, 0.717) is 42.0 Å². The van der Waals surface area contributed by atoms with Crippen molar-refractivity contribution in [3.63, 3.8) is 0 Å². The molecule has 0 saturated heterocycles. The monoisotopic (exact) mass is 443 g/mol. The summed E-state index contributed by atoms with van der Waals surface area (Å²) in [6, 6.07) is 11.7. The minimum atomic E-state index is 0.500. The van der Waals surface area contributed by atoms with Crippen LogP contribution in [0.2, 0.25) is 0 Å². The van der Waals surface area contributed by atoms with Crippen molar-refractivity contribution >= 4 is 33.0 Å². The van der Waals surface area contributed by atoms with E-state index in [1.54, 1.807) is 13.3 Å². The largest absolute Gasteiger partial charge is 0.494 e. The average Bonchev–Trinajstić information content (AvgIpc) is 2.72. The van der Waals surface area contributed by atoms with Gasteiger partial charge in [0.15, 0.2) is 17.8 Å². The molecule has 0 spiro atoms. The Morgan fingerprint density at radius 1 is 1.11 bits per heavy atom. The second-order valence-corrected chi connectivity index (χ2v) is 6.91. The third-order valence-electron chi connectivity index (χ3n) is 4.33. The number of carbonyl (C=O) groups is 1. The van der Waals surface area contributed by atoms with Crippen LogP contribution in [0.4, 0.5) is 0 Å². The summed E-state index contributed by atoms with van der Waals surface area (Å²) in [6.45, 7) is 3.08. The summed E-state index contributed by atoms with van der Waals surface area (Å²) in [4.78, 5) is 16.1. The maximum Gasteiger partial charge on any atom is 0.161 e. The molecule has 28 heavy (non-hydrogen) atoms. The number of ether oxygens (including phenoxy) is 3. The van der Waals surface area contributed by atoms with Gasteiger partial charge in [0.2, 0.25) is 0 Å². The van der Waals surface area contributed by atoms with Gasteiger partial charge in [-0.05, 0) is 42.1 Å². The molecule has 146 valence electrons. The number of hydrogen-bond acceptors (Lipinski definition) is 5. The first kappa shape index (κ1) is 20.1. The fraction of sp³-hybridized carbons (Fsp3) is 0.273. The molecule has 3 aromatic rings. The summed E-state index contributed by atoms with van der Waals surface area (Å²) >= 11 is 3.35. The Hall–Kier alpha value is -2.60. The van der Waals surface area contributed by atoms with Gasteiger partial charge in [-0.25, -0.2) is 0 Å². The van der Waals surface area contributed by atoms with Crippen LogP contribution in [0.15, 0.2) is 42.6 Å². The normalized spacial score (nSPS) is 10.7. The van der Waals surface area contributed by atoms with Gasteiger partial charge in [-0.1, -0.05) is 28.1 Å². The SMILES string of the molecule is CCOc1cccc(Cc2ncc(C=O)c3cc(OCCBr)c(OC)cc23)c1. The molecule has 0 amide bonds. The molecule has 0 fully saturated rings. The lowest BCUT2D eigenvalue weighted by molar-refractivity contribution is 0.112. The Labute approximate surface area is 172 Å². The first-order valence-electron chi connectivity index (χ1n) is 9.05. The van der Waals surface area contributed by atoms with Crippen LogP contribution < -0.4 is 14.2 Å². The minimum absolute atomic E-state index is 0.500. The summed E-state index contributed by atoms with van der Waals surface area (Å²) in [5.74, 6) is 2.05. The summed E-state index contributed by atoms with van der Waals surface area (Å²) < 4.78 is 16.9. The number of rotatable bonds is 9. The maximum atomic E-state index is 11.6. The van der Waals surface area contributed by atoms with Crippen molar-refractivity contribution in [2.75, 3.05) is 25.7 Å². The third-order valence-corrected chi connectivity index (χ3v) is 4.65. The number of hydrogen-bond donors (Lipinski definition) is 0. The zero-order valence-corrected chi connectivity index (χ0v) is 17.5. The molecular weight excluding hydrogens is 422 g/mol. The van der Waals surface area contributed by atoms with Crippen molar-refractivity contribution in [1.29, 1.82) is 0 Å². The van der Waals surface area contributed by atoms with E-state index >= 15 is 0 Å². The molecule has 1 heterocycles. The molecule has 0 saturated carbocycles. The number of pyridine rings is 1. The molecular formula is C22H22BrNO4. The first-order chi connectivity index (χ1) is 13.7. The molecule has 0 aliphatic heterocycles. The fourth-order valence-corrected chi connectivity index (χ4v) is 3.25. The molecule has 6 heteroatoms. The number of benzene rings is 2. The molecule has 0 aliphatic rings. The van der Waals surface area contributed by atoms with Crippen molar-refractivity contribution in [3.05, 3.63) is 59.4 Å². The summed E-state index contributed by atoms with van der Waals surface area (Å²) in [5, 5.41) is 2.37. The van der Waals surface area contributed by atoms with Crippen LogP contribution in [0.3, 0.4) is 0 Å². The summed E-state index contributed by atoms with van der Waals surface area (Å²) in [5.41, 5.74) is 2.46. The van der Waals surface area contributed by atoms with Gasteiger partial charge in [-0.15, -0.1) is 0 Å². The lowest BCUT2D eigenvalue weighted by Gasteiger charge is -2.14. The second-order valence-electron chi connectivity index (χ2n) is 6.12. The van der Waals surface area contributed by atoms with Crippen LogP contribution in [0.5, 0.6) is 17.2 Å². The molecule has 0 aliphatic carbocycles. The van der Waals surface area contributed by atoms with Crippen molar-refractivity contribution in [2.24, 2.45) is 0 Å². The van der Waals surface area contributed by atoms with Crippen LogP contribution in [0, 0.1) is 0 Å². The fourth-order valence-electron chi connectivity index (χ4n) is 3.08. The molecule has 0 radical (unpaired) electrons. The third kappa shape index (κ3) is 4.44. The lowest BCUT2D eigenvalue weighted by Crippen LogP contribution is -2.02. The number of aldehydes is 1. The zero-order valence-electron chi connectivity index (χ0n) is 15.9. The quantitative estimate of drug-likeness (QED) is 0.350. The Morgan fingerprint density at radius 2 is 1.93 bits per heavy atom. The van der Waals surface area contributed by atoms with E-state index < -0.39 is 0 Å². The molecule has 0 N–H and O–H groups in total. The van der Waals surface area contributed by atoms with Gasteiger partial charge in [-0.3, -0.25) is 9.78 Å². The van der Waals surface area contributed by atoms with E-state index in [0.717, 1.165) is 34.1 Å². The van der Waals surface area contributed by atoms with E-state index in [1.807, 2.05) is 43.3 Å². The van der Waals surface area contributed by atoms with Crippen LogP contribution in [0.1, 0.15) is 28.5 Å². The van der Waals surface area contributed by atoms with Crippen LogP contribution in [0.25, 0.3) is 10.8 Å². The highest BCUT2D eigenvalue weighted by atomic mass is 79.9. The van der Waals surface area contributed by atoms with Crippen LogP contribution >= 0.6 is 15.9 Å². The molecule has 3 rings (SSSR count). The number of aromatic nitrogens is 1. The highest BCUT2D eigenvalue weighted by molar-refractivity contribution is 9.09. The van der Waals surface area contributed by atoms with Crippen molar-refractivity contribution < 1.29 is 19.0 Å². The van der Waals surface area contributed by atoms with Crippen molar-refractivity contribution in [1.82, 2.24) is 4.98 Å². The van der Waals surface area contributed by atoms with Gasteiger partial charge in [0, 0.05) is 28.9 Å². The predicted octanol–water partition coefficient (Wildman–Crippen LogP) is 4.82. The van der Waals surface area contributed by atoms with E-state index in [9.17, 15) is 4.79 Å². The van der Waals surface area contributed by atoms with Crippen molar-refractivity contribution in [2.45, 2.75) is 13.3 Å². The van der Waals surface area contributed by atoms with Crippen LogP contribution in [-0.4, -0.2) is 36.9 Å². The molecule has 5 nitrogen and oxygen atoms in total. The van der Waals surface area contributed by atoms with Gasteiger partial charge in [0.1, 0.15) is 5.75 Å². The van der Waals surface area contributed by atoms with Gasteiger partial charge in [0.25, 0.3) is 0 Å². The Kier molecular flexibility index (Phi) is 6.87. The first-order valence-corrected chi connectivity index (χ1v) is 10.2. The number of nitrogens with zero attached hydrogens (tertiary/aromatic N) is 1. The standard InChI is InChI=1S/C22H22BrNO4/c1-3-27-17-6-4-5-15(9-17)10-20-19-12-21(26-2)22(28-8-7-23)11-18(19)16(14-25)13-24-20/h4-6,9,11-14H,3,7-8,10H2,1-2H3. The molecule has 2 aromatic carbocycles. The lowest BCUT2D eigenvalue weighted by atomic mass is 10.00. The predicted molar refractivity (Wildman–Crippen MR) is 113 cm³/mol. The topological polar surface area (TPSA) is 57.7 Å². The van der Waals surface area contributed by atoms with E-state index in [1.165, 1.54) is 0 Å². The Bertz CT molecular complexity index is 974.